The Kier molecular flexibility index (Phi) is 7.90. The molecule has 4 rings (SSSR count). The van der Waals surface area contributed by atoms with Crippen molar-refractivity contribution in [3.05, 3.63) is 53.6 Å². The zero-order valence-electron chi connectivity index (χ0n) is 18.9. The minimum Gasteiger partial charge on any atom is -0.486 e. The number of ether oxygens (including phenoxy) is 2. The zero-order chi connectivity index (χ0) is 24.8. The molecule has 2 aliphatic heterocycles. The number of likely N-dealkylation sites (tertiary alicyclic amines) is 1. The molecule has 10 heteroatoms. The molecular formula is C25H25F3N2O4S. The van der Waals surface area contributed by atoms with Crippen molar-refractivity contribution >= 4 is 29.7 Å². The van der Waals surface area contributed by atoms with E-state index < -0.39 is 17.6 Å². The second kappa shape index (κ2) is 11.1. The van der Waals surface area contributed by atoms with Crippen LogP contribution in [0.3, 0.4) is 0 Å². The number of amides is 2. The Morgan fingerprint density at radius 3 is 2.66 bits per heavy atom. The lowest BCUT2D eigenvalue weighted by Crippen LogP contribution is -2.29. The number of nitrogens with zero attached hydrogens (tertiary/aromatic N) is 1. The zero-order valence-corrected chi connectivity index (χ0v) is 19.7. The van der Waals surface area contributed by atoms with E-state index >= 15 is 0 Å². The fraction of sp³-hybridized carbons (Fsp3) is 0.360. The van der Waals surface area contributed by atoms with Crippen LogP contribution in [0.5, 0.6) is 11.5 Å². The SMILES string of the molecule is O=C(/C=C/c1ccc(Sc2ccc3c(c2)OCCO3)c(C(F)(F)F)c1)NCCCN1CCCC1=O. The molecule has 0 unspecified atom stereocenters. The molecule has 0 aliphatic carbocycles. The second-order valence-electron chi connectivity index (χ2n) is 8.12. The monoisotopic (exact) mass is 506 g/mol. The van der Waals surface area contributed by atoms with Crippen LogP contribution in [-0.2, 0) is 15.8 Å². The summed E-state index contributed by atoms with van der Waals surface area (Å²) in [6, 6.07) is 9.01. The molecule has 2 heterocycles. The smallest absolute Gasteiger partial charge is 0.417 e. The Bertz CT molecular complexity index is 1120. The molecule has 6 nitrogen and oxygen atoms in total. The maximum absolute atomic E-state index is 13.8. The van der Waals surface area contributed by atoms with Gasteiger partial charge in [0.05, 0.1) is 5.56 Å². The number of carbonyl (C=O) groups is 2. The van der Waals surface area contributed by atoms with Crippen molar-refractivity contribution in [3.63, 3.8) is 0 Å². The van der Waals surface area contributed by atoms with Gasteiger partial charge in [0.1, 0.15) is 13.2 Å². The van der Waals surface area contributed by atoms with Gasteiger partial charge >= 0.3 is 6.18 Å². The van der Waals surface area contributed by atoms with Gasteiger partial charge in [0.25, 0.3) is 0 Å². The van der Waals surface area contributed by atoms with Crippen LogP contribution < -0.4 is 14.8 Å². The van der Waals surface area contributed by atoms with Crippen molar-refractivity contribution in [2.24, 2.45) is 0 Å². The van der Waals surface area contributed by atoms with E-state index in [9.17, 15) is 22.8 Å². The number of nitrogens with one attached hydrogen (secondary N) is 1. The standard InChI is InChI=1S/C25H25F3N2O4S/c26-25(27,28)19-15-17(5-9-23(31)29-10-2-12-30-11-1-3-24(30)32)4-8-22(19)35-18-6-7-20-21(16-18)34-14-13-33-20/h4-9,15-16H,1-3,10-14H2,(H,29,31)/b9-5+. The summed E-state index contributed by atoms with van der Waals surface area (Å²) in [7, 11) is 0. The average molecular weight is 507 g/mol. The molecule has 2 aliphatic rings. The Labute approximate surface area is 205 Å². The maximum Gasteiger partial charge on any atom is 0.417 e. The molecule has 0 radical (unpaired) electrons. The number of halogens is 3. The third kappa shape index (κ3) is 6.72. The van der Waals surface area contributed by atoms with E-state index in [2.05, 4.69) is 5.32 Å². The third-order valence-corrected chi connectivity index (χ3v) is 6.62. The third-order valence-electron chi connectivity index (χ3n) is 5.55. The normalized spacial score (nSPS) is 15.6. The summed E-state index contributed by atoms with van der Waals surface area (Å²) in [4.78, 5) is 26.0. The van der Waals surface area contributed by atoms with Gasteiger partial charge in [-0.3, -0.25) is 9.59 Å². The maximum atomic E-state index is 13.8. The minimum atomic E-state index is -4.56. The van der Waals surface area contributed by atoms with Crippen molar-refractivity contribution in [1.82, 2.24) is 10.2 Å². The van der Waals surface area contributed by atoms with Gasteiger partial charge in [-0.05, 0) is 54.8 Å². The Morgan fingerprint density at radius 1 is 1.11 bits per heavy atom. The lowest BCUT2D eigenvalue weighted by atomic mass is 10.1. The Hall–Kier alpha value is -3.14. The van der Waals surface area contributed by atoms with Crippen LogP contribution in [0.4, 0.5) is 13.2 Å². The van der Waals surface area contributed by atoms with E-state index in [1.54, 1.807) is 29.2 Å². The van der Waals surface area contributed by atoms with Gasteiger partial charge in [-0.2, -0.15) is 13.2 Å². The number of alkyl halides is 3. The number of rotatable bonds is 8. The van der Waals surface area contributed by atoms with Gasteiger partial charge in [-0.15, -0.1) is 0 Å². The number of hydrogen-bond donors (Lipinski definition) is 1. The van der Waals surface area contributed by atoms with Gasteiger partial charge in [0, 0.05) is 41.9 Å². The molecule has 0 bridgehead atoms. The van der Waals surface area contributed by atoms with E-state index in [1.807, 2.05) is 0 Å². The summed E-state index contributed by atoms with van der Waals surface area (Å²) in [5, 5.41) is 2.69. The lowest BCUT2D eigenvalue weighted by Gasteiger charge is -2.19. The first kappa shape index (κ1) is 25.0. The highest BCUT2D eigenvalue weighted by molar-refractivity contribution is 7.99. The second-order valence-corrected chi connectivity index (χ2v) is 9.24. The molecule has 0 atom stereocenters. The molecule has 2 aromatic carbocycles. The van der Waals surface area contributed by atoms with Crippen molar-refractivity contribution in [1.29, 1.82) is 0 Å². The predicted molar refractivity (Wildman–Crippen MR) is 125 cm³/mol. The van der Waals surface area contributed by atoms with E-state index in [0.29, 0.717) is 55.5 Å². The molecular weight excluding hydrogens is 481 g/mol. The summed E-state index contributed by atoms with van der Waals surface area (Å²) in [6.45, 7) is 2.54. The highest BCUT2D eigenvalue weighted by Crippen LogP contribution is 2.42. The number of fused-ring (bicyclic) bond motifs is 1. The lowest BCUT2D eigenvalue weighted by molar-refractivity contribution is -0.139. The number of benzene rings is 2. The molecule has 186 valence electrons. The summed E-state index contributed by atoms with van der Waals surface area (Å²) in [6.07, 6.45) is 0.0621. The van der Waals surface area contributed by atoms with E-state index in [1.165, 1.54) is 18.2 Å². The molecule has 1 N–H and O–H groups in total. The fourth-order valence-electron chi connectivity index (χ4n) is 3.83. The summed E-state index contributed by atoms with van der Waals surface area (Å²) >= 11 is 0.984. The van der Waals surface area contributed by atoms with Gasteiger partial charge in [0.15, 0.2) is 11.5 Å². The largest absolute Gasteiger partial charge is 0.486 e. The first-order chi connectivity index (χ1) is 16.8. The quantitative estimate of drug-likeness (QED) is 0.413. The Balaban J connectivity index is 1.37. The van der Waals surface area contributed by atoms with Crippen LogP contribution in [0.25, 0.3) is 6.08 Å². The van der Waals surface area contributed by atoms with E-state index in [0.717, 1.165) is 30.8 Å². The number of carbonyl (C=O) groups excluding carboxylic acids is 2. The van der Waals surface area contributed by atoms with Crippen LogP contribution in [0.1, 0.15) is 30.4 Å². The average Bonchev–Trinajstić information content (AvgIpc) is 3.25. The van der Waals surface area contributed by atoms with Gasteiger partial charge < -0.3 is 19.7 Å². The van der Waals surface area contributed by atoms with Crippen LogP contribution >= 0.6 is 11.8 Å². The Morgan fingerprint density at radius 2 is 1.91 bits per heavy atom. The number of hydrogen-bond acceptors (Lipinski definition) is 5. The fourth-order valence-corrected chi connectivity index (χ4v) is 4.81. The summed E-state index contributed by atoms with van der Waals surface area (Å²) in [5.74, 6) is 0.806. The van der Waals surface area contributed by atoms with Crippen LogP contribution in [0, 0.1) is 0 Å². The summed E-state index contributed by atoms with van der Waals surface area (Å²) in [5.41, 5.74) is -0.517. The molecule has 1 fully saturated rings. The van der Waals surface area contributed by atoms with Crippen molar-refractivity contribution in [3.8, 4) is 11.5 Å². The highest BCUT2D eigenvalue weighted by Gasteiger charge is 2.34. The molecule has 35 heavy (non-hydrogen) atoms. The summed E-state index contributed by atoms with van der Waals surface area (Å²) < 4.78 is 52.3. The molecule has 2 amide bonds. The molecule has 1 saturated heterocycles. The van der Waals surface area contributed by atoms with Crippen LogP contribution in [0.2, 0.25) is 0 Å². The molecule has 2 aromatic rings. The van der Waals surface area contributed by atoms with E-state index in [4.69, 9.17) is 9.47 Å². The van der Waals surface area contributed by atoms with Crippen molar-refractivity contribution < 1.29 is 32.2 Å². The highest BCUT2D eigenvalue weighted by atomic mass is 32.2. The minimum absolute atomic E-state index is 0.0484. The molecule has 0 spiro atoms. The molecule has 0 aromatic heterocycles. The first-order valence-electron chi connectivity index (χ1n) is 11.3. The van der Waals surface area contributed by atoms with Gasteiger partial charge in [-0.25, -0.2) is 0 Å². The van der Waals surface area contributed by atoms with Crippen LogP contribution in [-0.4, -0.2) is 49.6 Å². The molecule has 0 saturated carbocycles. The van der Waals surface area contributed by atoms with Crippen molar-refractivity contribution in [2.75, 3.05) is 32.8 Å². The van der Waals surface area contributed by atoms with Gasteiger partial charge in [-0.1, -0.05) is 17.8 Å². The van der Waals surface area contributed by atoms with Crippen molar-refractivity contribution in [2.45, 2.75) is 35.2 Å². The van der Waals surface area contributed by atoms with Crippen LogP contribution in [0.15, 0.2) is 52.3 Å². The van der Waals surface area contributed by atoms with E-state index in [-0.39, 0.29) is 16.4 Å². The first-order valence-corrected chi connectivity index (χ1v) is 12.1. The van der Waals surface area contributed by atoms with Gasteiger partial charge in [0.2, 0.25) is 11.8 Å². The predicted octanol–water partition coefficient (Wildman–Crippen LogP) is 4.77. The topological polar surface area (TPSA) is 67.9 Å².